The molecule has 0 saturated heterocycles. The Hall–Kier alpha value is -1.69. The lowest BCUT2D eigenvalue weighted by atomic mass is 9.82. The van der Waals surface area contributed by atoms with E-state index in [0.717, 1.165) is 6.42 Å². The summed E-state index contributed by atoms with van der Waals surface area (Å²) in [5.74, 6) is -1.91. The Morgan fingerprint density at radius 3 is 2.65 bits per heavy atom. The van der Waals surface area contributed by atoms with Crippen molar-refractivity contribution in [3.8, 4) is 0 Å². The molecule has 0 aliphatic heterocycles. The average Bonchev–Trinajstić information content (AvgIpc) is 3.01. The van der Waals surface area contributed by atoms with Gasteiger partial charge in [0.2, 0.25) is 5.91 Å². The maximum absolute atomic E-state index is 12.4. The first-order valence-corrected chi connectivity index (χ1v) is 7.19. The highest BCUT2D eigenvalue weighted by Gasteiger charge is 2.51. The smallest absolute Gasteiger partial charge is 0.307 e. The molecule has 1 amide bonds. The summed E-state index contributed by atoms with van der Waals surface area (Å²) in [6, 6.07) is 3.53. The molecule has 1 heterocycles. The van der Waals surface area contributed by atoms with E-state index in [1.165, 1.54) is 0 Å². The summed E-state index contributed by atoms with van der Waals surface area (Å²) in [6.07, 6.45) is 6.21. The van der Waals surface area contributed by atoms with Crippen molar-refractivity contribution >= 4 is 33.6 Å². The molecule has 1 aromatic heterocycles. The number of aromatic nitrogens is 1. The number of allylic oxidation sites excluding steroid dienone is 2. The molecule has 1 fully saturated rings. The monoisotopic (exact) mass is 336 g/mol. The van der Waals surface area contributed by atoms with E-state index in [1.54, 1.807) is 18.3 Å². The van der Waals surface area contributed by atoms with Gasteiger partial charge in [0.05, 0.1) is 16.3 Å². The number of nitrogens with one attached hydrogen (secondary N) is 1. The summed E-state index contributed by atoms with van der Waals surface area (Å²) < 4.78 is 0.680. The van der Waals surface area contributed by atoms with Crippen LogP contribution in [0.25, 0.3) is 0 Å². The molecule has 104 valence electrons. The van der Waals surface area contributed by atoms with Crippen LogP contribution >= 0.6 is 15.9 Å². The number of hydrogen-bond donors (Lipinski definition) is 2. The second-order valence-corrected chi connectivity index (χ2v) is 6.02. The molecule has 1 saturated carbocycles. The molecule has 6 heteroatoms. The van der Waals surface area contributed by atoms with Crippen molar-refractivity contribution in [3.63, 3.8) is 0 Å². The number of carbonyl (C=O) groups excluding carboxylic acids is 1. The molecule has 3 rings (SSSR count). The molecule has 2 bridgehead atoms. The summed E-state index contributed by atoms with van der Waals surface area (Å²) in [5, 5.41) is 12.1. The second-order valence-electron chi connectivity index (χ2n) is 5.16. The number of carboxylic acids is 1. The second kappa shape index (κ2) is 5.01. The van der Waals surface area contributed by atoms with Crippen LogP contribution in [0, 0.1) is 23.7 Å². The molecular weight excluding hydrogens is 324 g/mol. The first kappa shape index (κ1) is 13.3. The van der Waals surface area contributed by atoms with Gasteiger partial charge >= 0.3 is 5.97 Å². The zero-order chi connectivity index (χ0) is 14.3. The van der Waals surface area contributed by atoms with Crippen LogP contribution in [0.15, 0.2) is 35.0 Å². The third-order valence-corrected chi connectivity index (χ3v) is 4.69. The molecule has 2 N–H and O–H groups in total. The number of carbonyl (C=O) groups is 2. The molecule has 5 nitrogen and oxygen atoms in total. The highest BCUT2D eigenvalue weighted by molar-refractivity contribution is 9.10. The van der Waals surface area contributed by atoms with Crippen LogP contribution in [-0.4, -0.2) is 22.0 Å². The van der Waals surface area contributed by atoms with Crippen LogP contribution in [0.3, 0.4) is 0 Å². The van der Waals surface area contributed by atoms with E-state index < -0.39 is 17.8 Å². The zero-order valence-corrected chi connectivity index (χ0v) is 12.1. The summed E-state index contributed by atoms with van der Waals surface area (Å²) >= 11 is 3.31. The molecule has 2 aliphatic carbocycles. The van der Waals surface area contributed by atoms with E-state index in [0.29, 0.717) is 10.3 Å². The fourth-order valence-corrected chi connectivity index (χ4v) is 3.55. The largest absolute Gasteiger partial charge is 0.481 e. The lowest BCUT2D eigenvalue weighted by Crippen LogP contribution is -2.36. The molecule has 0 spiro atoms. The Bertz CT molecular complexity index is 602. The number of anilines is 1. The highest BCUT2D eigenvalue weighted by Crippen LogP contribution is 2.48. The average molecular weight is 337 g/mol. The SMILES string of the molecule is O=C(O)C1C2C=CC(C2)C1C(=O)Nc1ncccc1Br. The number of halogens is 1. The van der Waals surface area contributed by atoms with Crippen molar-refractivity contribution in [2.24, 2.45) is 23.7 Å². The third-order valence-electron chi connectivity index (χ3n) is 4.05. The first-order chi connectivity index (χ1) is 9.58. The fraction of sp³-hybridized carbons (Fsp3) is 0.357. The van der Waals surface area contributed by atoms with Crippen LogP contribution in [0.1, 0.15) is 6.42 Å². The summed E-state index contributed by atoms with van der Waals surface area (Å²) in [6.45, 7) is 0. The van der Waals surface area contributed by atoms with Gasteiger partial charge in [0, 0.05) is 6.20 Å². The Morgan fingerprint density at radius 1 is 1.30 bits per heavy atom. The molecule has 4 atom stereocenters. The normalized spacial score (nSPS) is 30.4. The first-order valence-electron chi connectivity index (χ1n) is 6.40. The molecule has 0 aromatic carbocycles. The number of nitrogens with zero attached hydrogens (tertiary/aromatic N) is 1. The van der Waals surface area contributed by atoms with Gasteiger partial charge < -0.3 is 10.4 Å². The molecule has 0 radical (unpaired) electrons. The molecular formula is C14H13BrN2O3. The van der Waals surface area contributed by atoms with Crippen LogP contribution in [0.2, 0.25) is 0 Å². The van der Waals surface area contributed by atoms with Crippen LogP contribution < -0.4 is 5.32 Å². The maximum Gasteiger partial charge on any atom is 0.307 e. The van der Waals surface area contributed by atoms with Crippen molar-refractivity contribution in [3.05, 3.63) is 35.0 Å². The highest BCUT2D eigenvalue weighted by atomic mass is 79.9. The van der Waals surface area contributed by atoms with Crippen LogP contribution in [-0.2, 0) is 9.59 Å². The molecule has 2 aliphatic rings. The quantitative estimate of drug-likeness (QED) is 0.830. The van der Waals surface area contributed by atoms with Crippen LogP contribution in [0.4, 0.5) is 5.82 Å². The number of pyridine rings is 1. The predicted molar refractivity (Wildman–Crippen MR) is 75.9 cm³/mol. The number of fused-ring (bicyclic) bond motifs is 2. The van der Waals surface area contributed by atoms with Gasteiger partial charge in [0.15, 0.2) is 0 Å². The number of carboxylic acid groups (broad SMARTS) is 1. The minimum absolute atomic E-state index is 0.0172. The van der Waals surface area contributed by atoms with E-state index >= 15 is 0 Å². The van der Waals surface area contributed by atoms with Gasteiger partial charge in [-0.3, -0.25) is 9.59 Å². The van der Waals surface area contributed by atoms with Gasteiger partial charge in [-0.25, -0.2) is 4.98 Å². The summed E-state index contributed by atoms with van der Waals surface area (Å²) in [5.41, 5.74) is 0. The van der Waals surface area contributed by atoms with Gasteiger partial charge in [-0.05, 0) is 46.3 Å². The number of aliphatic carboxylic acids is 1. The van der Waals surface area contributed by atoms with Gasteiger partial charge in [-0.1, -0.05) is 12.2 Å². The fourth-order valence-electron chi connectivity index (χ4n) is 3.19. The number of amides is 1. The topological polar surface area (TPSA) is 79.3 Å². The van der Waals surface area contributed by atoms with Gasteiger partial charge in [-0.2, -0.15) is 0 Å². The van der Waals surface area contributed by atoms with E-state index in [2.05, 4.69) is 26.2 Å². The van der Waals surface area contributed by atoms with Gasteiger partial charge in [0.25, 0.3) is 0 Å². The van der Waals surface area contributed by atoms with Crippen molar-refractivity contribution < 1.29 is 14.7 Å². The molecule has 20 heavy (non-hydrogen) atoms. The molecule has 1 aromatic rings. The Balaban J connectivity index is 1.82. The van der Waals surface area contributed by atoms with Crippen molar-refractivity contribution in [1.29, 1.82) is 0 Å². The van der Waals surface area contributed by atoms with Crippen LogP contribution in [0.5, 0.6) is 0 Å². The zero-order valence-electron chi connectivity index (χ0n) is 10.5. The van der Waals surface area contributed by atoms with E-state index in [9.17, 15) is 14.7 Å². The van der Waals surface area contributed by atoms with Crippen molar-refractivity contribution in [2.75, 3.05) is 5.32 Å². The molecule has 4 unspecified atom stereocenters. The van der Waals surface area contributed by atoms with E-state index in [-0.39, 0.29) is 17.7 Å². The van der Waals surface area contributed by atoms with Gasteiger partial charge in [0.1, 0.15) is 5.82 Å². The standard InChI is InChI=1S/C14H13BrN2O3/c15-9-2-1-5-16-12(9)17-13(18)10-7-3-4-8(6-7)11(10)14(19)20/h1-5,7-8,10-11H,6H2,(H,19,20)(H,16,17,18). The minimum Gasteiger partial charge on any atom is -0.481 e. The Labute approximate surface area is 124 Å². The lowest BCUT2D eigenvalue weighted by Gasteiger charge is -2.23. The predicted octanol–water partition coefficient (Wildman–Crippen LogP) is 2.31. The number of hydrogen-bond acceptors (Lipinski definition) is 3. The minimum atomic E-state index is -0.901. The number of rotatable bonds is 3. The Morgan fingerprint density at radius 2 is 2.00 bits per heavy atom. The summed E-state index contributed by atoms with van der Waals surface area (Å²) in [7, 11) is 0. The van der Waals surface area contributed by atoms with E-state index in [4.69, 9.17) is 0 Å². The Kier molecular flexibility index (Phi) is 3.33. The van der Waals surface area contributed by atoms with Crippen molar-refractivity contribution in [2.45, 2.75) is 6.42 Å². The lowest BCUT2D eigenvalue weighted by molar-refractivity contribution is -0.146. The van der Waals surface area contributed by atoms with Crippen molar-refractivity contribution in [1.82, 2.24) is 4.98 Å². The van der Waals surface area contributed by atoms with Gasteiger partial charge in [-0.15, -0.1) is 0 Å². The maximum atomic E-state index is 12.4. The summed E-state index contributed by atoms with van der Waals surface area (Å²) in [4.78, 5) is 27.9. The third kappa shape index (κ3) is 2.14. The van der Waals surface area contributed by atoms with E-state index in [1.807, 2.05) is 12.2 Å².